The van der Waals surface area contributed by atoms with Crippen molar-refractivity contribution in [1.82, 2.24) is 57.4 Å². The van der Waals surface area contributed by atoms with E-state index in [2.05, 4.69) is 47.9 Å². The fourth-order valence-electron chi connectivity index (χ4n) is 15.0. The van der Waals surface area contributed by atoms with Crippen LogP contribution in [0.25, 0.3) is 33.4 Å². The Balaban J connectivity index is 0.610. The summed E-state index contributed by atoms with van der Waals surface area (Å²) < 4.78 is 44.4. The van der Waals surface area contributed by atoms with Gasteiger partial charge >= 0.3 is 12.1 Å². The minimum absolute atomic E-state index is 0.00960. The Labute approximate surface area is 637 Å². The zero-order valence-electron chi connectivity index (χ0n) is 60.7. The number of hydrogen-bond acceptors (Lipinski definition) is 24. The molecule has 112 heavy (non-hydrogen) atoms. The van der Waals surface area contributed by atoms with Gasteiger partial charge in [-0.2, -0.15) is 0 Å². The van der Waals surface area contributed by atoms with E-state index in [4.69, 9.17) is 34.4 Å². The number of cyclic esters (lactones) is 1. The van der Waals surface area contributed by atoms with E-state index in [-0.39, 0.29) is 55.2 Å². The number of pyridine rings is 2. The van der Waals surface area contributed by atoms with Gasteiger partial charge < -0.3 is 112 Å². The highest BCUT2D eigenvalue weighted by Crippen LogP contribution is 2.47. The number of ether oxygens (including phenoxy) is 5. The third-order valence-electron chi connectivity index (χ3n) is 21.0. The lowest BCUT2D eigenvalue weighted by Crippen LogP contribution is -2.63. The maximum Gasteiger partial charge on any atom is 0.407 e. The zero-order chi connectivity index (χ0) is 80.0. The van der Waals surface area contributed by atoms with Crippen molar-refractivity contribution in [2.45, 2.75) is 157 Å². The number of carbonyl (C=O) groups excluding carboxylic acids is 11. The second-order valence-electron chi connectivity index (χ2n) is 28.1. The maximum absolute atomic E-state index is 15.5. The Morgan fingerprint density at radius 3 is 2.00 bits per heavy atom. The second-order valence-corrected chi connectivity index (χ2v) is 28.1. The van der Waals surface area contributed by atoms with E-state index in [9.17, 15) is 88.2 Å². The van der Waals surface area contributed by atoms with Crippen LogP contribution in [-0.2, 0) is 103 Å². The van der Waals surface area contributed by atoms with Crippen LogP contribution in [0.2, 0.25) is 0 Å². The van der Waals surface area contributed by atoms with Gasteiger partial charge in [0.15, 0.2) is 11.7 Å². The van der Waals surface area contributed by atoms with Crippen LogP contribution < -0.4 is 59.1 Å². The molecule has 594 valence electrons. The fraction of sp³-hybridized carbons (Fsp3) is 0.434. The highest BCUT2D eigenvalue weighted by Gasteiger charge is 2.49. The number of rotatable bonds is 30. The molecule has 6 aliphatic rings. The van der Waals surface area contributed by atoms with E-state index in [1.54, 1.807) is 50.2 Å². The molecule has 0 unspecified atom stereocenters. The summed E-state index contributed by atoms with van der Waals surface area (Å²) in [6.07, 6.45) is -16.4. The van der Waals surface area contributed by atoms with Crippen molar-refractivity contribution >= 4 is 76.1 Å². The standard InChI is InChI=1S/C76H85FN12O23/c1-3-76(107)45-22-51-63-42(30-89(51)73(104)44(45)32-109-74(76)105)62-47(18-17-37-35(2)46(77)23-49(87-63)61(37)62)85-60(95)33-108-34-84-58(93)28-83-72(103)50(21-36-11-5-4-6-12-36)86-59(94)29-81-57(92)27-82-71(102)48(88-75(106)110-31-43-40-15-9-7-13-38(40)39-14-8-10-16-41(39)43)19-20-55(90)79-25-53-65(97)64(96)52(111-53)24-56(91)80-26-54-66(98)67(99)68(100)69(112-54)70(78)101/h4-16,22-23,43,47-48,50,52-54,64-69,96-100,107H,3,17-21,24-34H2,1-2H3,(H2,78,101)(H,79,90)(H,80,91)(H,81,92)(H,82,102)(H,83,103)(H,84,93)(H,85,95)(H,86,94)(H,88,106)/t47-,48-,50-,52-,53+,54-,64-,65+,66-,67+,68-,69-,76-/m0/s1. The van der Waals surface area contributed by atoms with Crippen LogP contribution in [0, 0.1) is 12.7 Å². The van der Waals surface area contributed by atoms with Gasteiger partial charge in [0.2, 0.25) is 53.2 Å². The number of aryl methyl sites for hydroxylation is 1. The lowest BCUT2D eigenvalue weighted by atomic mass is 9.81. The van der Waals surface area contributed by atoms with Crippen molar-refractivity contribution in [2.24, 2.45) is 5.73 Å². The zero-order valence-corrected chi connectivity index (χ0v) is 60.7. The average molecular weight is 1550 g/mol. The molecular weight excluding hydrogens is 1470 g/mol. The van der Waals surface area contributed by atoms with Gasteiger partial charge in [-0.25, -0.2) is 19.0 Å². The van der Waals surface area contributed by atoms with Gasteiger partial charge in [0, 0.05) is 54.4 Å². The number of aliphatic hydroxyl groups is 6. The second kappa shape index (κ2) is 34.6. The molecule has 0 saturated carbocycles. The Hall–Kier alpha value is -11.2. The van der Waals surface area contributed by atoms with Gasteiger partial charge in [-0.15, -0.1) is 0 Å². The van der Waals surface area contributed by atoms with E-state index in [0.29, 0.717) is 57.4 Å². The summed E-state index contributed by atoms with van der Waals surface area (Å²) in [6, 6.07) is 22.9. The first-order valence-electron chi connectivity index (χ1n) is 36.4. The summed E-state index contributed by atoms with van der Waals surface area (Å²) in [7, 11) is 0. The summed E-state index contributed by atoms with van der Waals surface area (Å²) in [5, 5.41) is 86.8. The smallest absolute Gasteiger partial charge is 0.407 e. The monoisotopic (exact) mass is 1550 g/mol. The van der Waals surface area contributed by atoms with Gasteiger partial charge in [0.25, 0.3) is 5.56 Å². The van der Waals surface area contributed by atoms with Gasteiger partial charge in [0.05, 0.1) is 67.2 Å². The molecular formula is C76H85FN12O23. The number of alkyl carbamates (subject to hydrolysis) is 1. The van der Waals surface area contributed by atoms with Crippen molar-refractivity contribution < 1.29 is 111 Å². The lowest BCUT2D eigenvalue weighted by Gasteiger charge is -2.39. The van der Waals surface area contributed by atoms with Crippen LogP contribution in [0.4, 0.5) is 9.18 Å². The van der Waals surface area contributed by atoms with Crippen LogP contribution in [0.15, 0.2) is 95.8 Å². The summed E-state index contributed by atoms with van der Waals surface area (Å²) in [4.78, 5) is 165. The Bertz CT molecular complexity index is 4710. The van der Waals surface area contributed by atoms with E-state index in [1.807, 2.05) is 48.5 Å². The molecule has 0 spiro atoms. The number of carbonyl (C=O) groups is 11. The molecule has 12 rings (SSSR count). The minimum Gasteiger partial charge on any atom is -0.458 e. The van der Waals surface area contributed by atoms with Crippen molar-refractivity contribution in [3.05, 3.63) is 157 Å². The number of hydrogen-bond donors (Lipinski definition) is 16. The molecule has 2 aliphatic carbocycles. The first-order chi connectivity index (χ1) is 53.6. The number of amides is 10. The van der Waals surface area contributed by atoms with Gasteiger partial charge in [-0.05, 0) is 83.2 Å². The molecule has 4 aliphatic heterocycles. The molecule has 0 bridgehead atoms. The normalized spacial score (nSPS) is 22.9. The number of benzene rings is 4. The quantitative estimate of drug-likeness (QED) is 0.0121. The molecule has 10 amide bonds. The van der Waals surface area contributed by atoms with Crippen LogP contribution in [-0.4, -0.2) is 225 Å². The maximum atomic E-state index is 15.5. The lowest BCUT2D eigenvalue weighted by molar-refractivity contribution is -0.217. The van der Waals surface area contributed by atoms with Crippen molar-refractivity contribution in [3.63, 3.8) is 0 Å². The van der Waals surface area contributed by atoms with E-state index in [0.717, 1.165) is 22.3 Å². The average Bonchev–Trinajstić information content (AvgIpc) is 1.48. The summed E-state index contributed by atoms with van der Waals surface area (Å²) in [5.74, 6) is -9.37. The first-order valence-corrected chi connectivity index (χ1v) is 36.4. The molecule has 13 atom stereocenters. The molecule has 36 heteroatoms. The Kier molecular flexibility index (Phi) is 24.8. The highest BCUT2D eigenvalue weighted by atomic mass is 19.1. The largest absolute Gasteiger partial charge is 0.458 e. The molecule has 0 radical (unpaired) electrons. The summed E-state index contributed by atoms with van der Waals surface area (Å²) in [5.41, 5.74) is 10.3. The van der Waals surface area contributed by atoms with Crippen molar-refractivity contribution in [1.29, 1.82) is 0 Å². The molecule has 4 aromatic carbocycles. The van der Waals surface area contributed by atoms with Crippen LogP contribution >= 0.6 is 0 Å². The third-order valence-corrected chi connectivity index (χ3v) is 21.0. The molecule has 2 saturated heterocycles. The fourth-order valence-corrected chi connectivity index (χ4v) is 15.0. The van der Waals surface area contributed by atoms with Gasteiger partial charge in [0.1, 0.15) is 87.2 Å². The predicted octanol–water partition coefficient (Wildman–Crippen LogP) is -3.07. The minimum atomic E-state index is -2.09. The van der Waals surface area contributed by atoms with Crippen LogP contribution in [0.3, 0.4) is 0 Å². The van der Waals surface area contributed by atoms with Gasteiger partial charge in [-0.1, -0.05) is 85.8 Å². The number of nitrogens with one attached hydrogen (secondary N) is 9. The number of nitrogens with two attached hydrogens (primary N) is 1. The summed E-state index contributed by atoms with van der Waals surface area (Å²) >= 11 is 0. The van der Waals surface area contributed by atoms with E-state index < -0.39 is 221 Å². The number of primary amides is 1. The third kappa shape index (κ3) is 17.3. The van der Waals surface area contributed by atoms with Crippen molar-refractivity contribution in [2.75, 3.05) is 52.7 Å². The summed E-state index contributed by atoms with van der Waals surface area (Å²) in [6.45, 7) is -1.36. The van der Waals surface area contributed by atoms with Crippen molar-refractivity contribution in [3.8, 4) is 22.5 Å². The number of aliphatic hydroxyl groups excluding tert-OH is 5. The van der Waals surface area contributed by atoms with Crippen LogP contribution in [0.1, 0.15) is 101 Å². The number of nitrogens with zero attached hydrogens (tertiary/aromatic N) is 2. The number of esters is 1. The molecule has 6 aromatic rings. The van der Waals surface area contributed by atoms with Crippen LogP contribution in [0.5, 0.6) is 0 Å². The number of halogens is 1. The molecule has 17 N–H and O–H groups in total. The van der Waals surface area contributed by atoms with E-state index in [1.165, 1.54) is 10.6 Å². The Morgan fingerprint density at radius 2 is 1.31 bits per heavy atom. The highest BCUT2D eigenvalue weighted by molar-refractivity contribution is 5.96. The number of fused-ring (bicyclic) bond motifs is 8. The molecule has 6 heterocycles. The molecule has 2 aromatic heterocycles. The molecule has 2 fully saturated rings. The molecule has 35 nitrogen and oxygen atoms in total. The predicted molar refractivity (Wildman–Crippen MR) is 387 cm³/mol. The topological polar surface area (TPSA) is 524 Å². The SMILES string of the molecule is CC[C@@]1(O)C(=O)OCc2c1cc1n(c2=O)Cc2c-1nc1cc(F)c(C)c3c1c2[C@@H](NC(=O)COCNC(=O)CNC(=O)[C@H](Cc1ccccc1)NC(=O)CNC(=O)CNC(=O)[C@H](CCC(=O)NC[C@H]1O[C@@H](CC(=O)NC[C@@H]2O[C@H](C(N)=O)[C@@H](O)[C@H](O)[C@H]2O)[C@H](O)[C@@H]1O)NC(=O)OCC1c2ccccc2-c2ccccc21)CC3. The first kappa shape index (κ1) is 80.3. The van der Waals surface area contributed by atoms with E-state index >= 15 is 4.39 Å². The Morgan fingerprint density at radius 1 is 0.688 bits per heavy atom. The van der Waals surface area contributed by atoms with Gasteiger partial charge in [-0.3, -0.25) is 47.9 Å². The number of aromatic nitrogens is 2.